The zero-order chi connectivity index (χ0) is 24.9. The molecule has 0 aliphatic heterocycles. The molecular formula is C26H26Cl2N4O3. The number of hydrogen-bond acceptors (Lipinski definition) is 6. The first-order valence-electron chi connectivity index (χ1n) is 11.4. The molecule has 2 unspecified atom stereocenters. The zero-order valence-electron chi connectivity index (χ0n) is 19.5. The summed E-state index contributed by atoms with van der Waals surface area (Å²) in [5.74, 6) is 3.17. The monoisotopic (exact) mass is 512 g/mol. The lowest BCUT2D eigenvalue weighted by Gasteiger charge is -2.26. The highest BCUT2D eigenvalue weighted by molar-refractivity contribution is 6.41. The number of benzene rings is 2. The lowest BCUT2D eigenvalue weighted by Crippen LogP contribution is -2.46. The van der Waals surface area contributed by atoms with Crippen LogP contribution in [-0.2, 0) is 4.79 Å². The van der Waals surface area contributed by atoms with Crippen LogP contribution in [0.25, 0.3) is 22.0 Å². The smallest absolute Gasteiger partial charge is 0.295 e. The van der Waals surface area contributed by atoms with Crippen LogP contribution in [0.15, 0.2) is 30.5 Å². The molecule has 0 radical (unpaired) electrons. The SMILES string of the molecule is C#CC(=O)NC1CCCCCC1Nc1ncc2cc(-c3c(Cl)c(OC)cc(OC)c3Cl)ccc2n1. The zero-order valence-corrected chi connectivity index (χ0v) is 21.0. The van der Waals surface area contributed by atoms with Crippen LogP contribution in [0, 0.1) is 12.3 Å². The number of ether oxygens (including phenoxy) is 2. The Morgan fingerprint density at radius 3 is 2.40 bits per heavy atom. The summed E-state index contributed by atoms with van der Waals surface area (Å²) in [7, 11) is 3.08. The van der Waals surface area contributed by atoms with Gasteiger partial charge in [-0.15, -0.1) is 6.42 Å². The molecule has 3 aromatic rings. The number of halogens is 2. The molecule has 0 spiro atoms. The Balaban J connectivity index is 1.64. The predicted octanol–water partition coefficient (Wildman–Crippen LogP) is 5.48. The van der Waals surface area contributed by atoms with Gasteiger partial charge in [0.2, 0.25) is 5.95 Å². The van der Waals surface area contributed by atoms with E-state index in [9.17, 15) is 4.79 Å². The summed E-state index contributed by atoms with van der Waals surface area (Å²) in [5.41, 5.74) is 2.15. The van der Waals surface area contributed by atoms with Gasteiger partial charge in [-0.3, -0.25) is 4.79 Å². The van der Waals surface area contributed by atoms with Crippen LogP contribution >= 0.6 is 23.2 Å². The Labute approximate surface area is 214 Å². The second-order valence-electron chi connectivity index (χ2n) is 8.36. The number of aromatic nitrogens is 2. The lowest BCUT2D eigenvalue weighted by molar-refractivity contribution is -0.116. The van der Waals surface area contributed by atoms with Crippen LogP contribution < -0.4 is 20.1 Å². The van der Waals surface area contributed by atoms with Crippen molar-refractivity contribution in [2.24, 2.45) is 0 Å². The molecule has 2 atom stereocenters. The van der Waals surface area contributed by atoms with Crippen molar-refractivity contribution in [2.45, 2.75) is 44.2 Å². The third-order valence-corrected chi connectivity index (χ3v) is 6.97. The van der Waals surface area contributed by atoms with Gasteiger partial charge in [0.15, 0.2) is 0 Å². The van der Waals surface area contributed by atoms with Gasteiger partial charge in [0.1, 0.15) is 11.5 Å². The average Bonchev–Trinajstić information content (AvgIpc) is 3.09. The number of carbonyl (C=O) groups is 1. The van der Waals surface area contributed by atoms with E-state index in [1.54, 1.807) is 12.3 Å². The van der Waals surface area contributed by atoms with Crippen LogP contribution in [-0.4, -0.2) is 42.2 Å². The lowest BCUT2D eigenvalue weighted by atomic mass is 10.0. The molecule has 2 aromatic carbocycles. The summed E-state index contributed by atoms with van der Waals surface area (Å²) in [4.78, 5) is 21.0. The second kappa shape index (κ2) is 11.0. The van der Waals surface area contributed by atoms with Crippen molar-refractivity contribution in [3.8, 4) is 35.0 Å². The minimum Gasteiger partial charge on any atom is -0.495 e. The molecule has 35 heavy (non-hydrogen) atoms. The summed E-state index contributed by atoms with van der Waals surface area (Å²) >= 11 is 13.2. The van der Waals surface area contributed by atoms with Crippen LogP contribution in [0.2, 0.25) is 10.0 Å². The Kier molecular flexibility index (Phi) is 7.84. The van der Waals surface area contributed by atoms with E-state index in [1.807, 2.05) is 18.2 Å². The van der Waals surface area contributed by atoms with Gasteiger partial charge in [0, 0.05) is 35.3 Å². The highest BCUT2D eigenvalue weighted by Gasteiger charge is 2.26. The number of rotatable bonds is 6. The van der Waals surface area contributed by atoms with Crippen molar-refractivity contribution in [1.29, 1.82) is 0 Å². The topological polar surface area (TPSA) is 85.4 Å². The summed E-state index contributed by atoms with van der Waals surface area (Å²) in [6.45, 7) is 0. The predicted molar refractivity (Wildman–Crippen MR) is 139 cm³/mol. The molecule has 1 fully saturated rings. The highest BCUT2D eigenvalue weighted by atomic mass is 35.5. The van der Waals surface area contributed by atoms with Gasteiger partial charge >= 0.3 is 0 Å². The van der Waals surface area contributed by atoms with Gasteiger partial charge < -0.3 is 20.1 Å². The van der Waals surface area contributed by atoms with E-state index in [-0.39, 0.29) is 12.1 Å². The number of nitrogens with one attached hydrogen (secondary N) is 2. The fourth-order valence-electron chi connectivity index (χ4n) is 4.43. The number of carbonyl (C=O) groups excluding carboxylic acids is 1. The largest absolute Gasteiger partial charge is 0.495 e. The Hall–Kier alpha value is -3.21. The Morgan fingerprint density at radius 1 is 1.06 bits per heavy atom. The van der Waals surface area contributed by atoms with Gasteiger partial charge in [-0.1, -0.05) is 48.5 Å². The first kappa shape index (κ1) is 24.9. The van der Waals surface area contributed by atoms with Crippen LogP contribution in [0.5, 0.6) is 11.5 Å². The third-order valence-electron chi connectivity index (χ3n) is 6.22. The maximum atomic E-state index is 11.8. The standard InChI is InChI=1S/C26H26Cl2N4O3/c1-4-22(33)30-18-8-6-5-7-9-19(18)32-26-29-14-16-12-15(10-11-17(16)31-26)23-24(27)20(34-2)13-21(35-3)25(23)28/h1,10-14,18-19H,5-9H2,2-3H3,(H,30,33)(H,29,31,32). The number of nitrogens with zero attached hydrogens (tertiary/aromatic N) is 2. The number of amides is 1. The highest BCUT2D eigenvalue weighted by Crippen LogP contribution is 2.46. The van der Waals surface area contributed by atoms with Crippen molar-refractivity contribution in [2.75, 3.05) is 19.5 Å². The fourth-order valence-corrected chi connectivity index (χ4v) is 5.15. The van der Waals surface area contributed by atoms with E-state index < -0.39 is 5.91 Å². The Morgan fingerprint density at radius 2 is 1.74 bits per heavy atom. The number of hydrogen-bond donors (Lipinski definition) is 2. The van der Waals surface area contributed by atoms with Gasteiger partial charge in [0.25, 0.3) is 5.91 Å². The molecule has 1 aliphatic rings. The van der Waals surface area contributed by atoms with E-state index in [4.69, 9.17) is 44.1 Å². The third kappa shape index (κ3) is 5.39. The summed E-state index contributed by atoms with van der Waals surface area (Å²) in [6.07, 6.45) is 12.0. The normalized spacial score (nSPS) is 17.8. The van der Waals surface area contributed by atoms with E-state index in [1.165, 1.54) is 14.2 Å². The second-order valence-corrected chi connectivity index (χ2v) is 9.12. The van der Waals surface area contributed by atoms with Crippen LogP contribution in [0.4, 0.5) is 5.95 Å². The van der Waals surface area contributed by atoms with Crippen molar-refractivity contribution in [3.63, 3.8) is 0 Å². The van der Waals surface area contributed by atoms with Gasteiger partial charge in [-0.05, 0) is 36.5 Å². The number of methoxy groups -OCH3 is 2. The molecular weight excluding hydrogens is 487 g/mol. The maximum absolute atomic E-state index is 11.8. The van der Waals surface area contributed by atoms with Crippen molar-refractivity contribution in [1.82, 2.24) is 15.3 Å². The fraction of sp³-hybridized carbons (Fsp3) is 0.346. The molecule has 1 aliphatic carbocycles. The molecule has 182 valence electrons. The molecule has 7 nitrogen and oxygen atoms in total. The quantitative estimate of drug-likeness (QED) is 0.335. The van der Waals surface area contributed by atoms with Crippen LogP contribution in [0.3, 0.4) is 0 Å². The van der Waals surface area contributed by atoms with Gasteiger partial charge in [-0.2, -0.15) is 0 Å². The molecule has 4 rings (SSSR count). The maximum Gasteiger partial charge on any atom is 0.295 e. The van der Waals surface area contributed by atoms with Crippen molar-refractivity contribution >= 4 is 46.0 Å². The van der Waals surface area contributed by atoms with E-state index in [0.29, 0.717) is 33.1 Å². The Bertz CT molecular complexity index is 1260. The van der Waals surface area contributed by atoms with Gasteiger partial charge in [-0.25, -0.2) is 9.97 Å². The van der Waals surface area contributed by atoms with E-state index in [0.717, 1.165) is 48.6 Å². The molecule has 1 heterocycles. The molecule has 0 saturated heterocycles. The van der Waals surface area contributed by atoms with Crippen LogP contribution in [0.1, 0.15) is 32.1 Å². The van der Waals surface area contributed by atoms with Crippen molar-refractivity contribution in [3.05, 3.63) is 40.5 Å². The summed E-state index contributed by atoms with van der Waals surface area (Å²) < 4.78 is 10.8. The first-order valence-corrected chi connectivity index (χ1v) is 12.1. The summed E-state index contributed by atoms with van der Waals surface area (Å²) in [5, 5.41) is 7.95. The minimum absolute atomic E-state index is 0.00613. The molecule has 1 aromatic heterocycles. The molecule has 9 heteroatoms. The summed E-state index contributed by atoms with van der Waals surface area (Å²) in [6, 6.07) is 7.28. The van der Waals surface area contributed by atoms with Crippen molar-refractivity contribution < 1.29 is 14.3 Å². The van der Waals surface area contributed by atoms with E-state index in [2.05, 4.69) is 21.5 Å². The van der Waals surface area contributed by atoms with Gasteiger partial charge in [0.05, 0.1) is 29.8 Å². The molecule has 2 N–H and O–H groups in total. The number of terminal acetylenes is 1. The number of anilines is 1. The minimum atomic E-state index is -0.401. The molecule has 0 bridgehead atoms. The number of fused-ring (bicyclic) bond motifs is 1. The van der Waals surface area contributed by atoms with E-state index >= 15 is 0 Å². The molecule has 1 amide bonds. The average molecular weight is 513 g/mol. The molecule has 1 saturated carbocycles. The first-order chi connectivity index (χ1) is 16.9.